The van der Waals surface area contributed by atoms with Gasteiger partial charge in [-0.25, -0.2) is 15.3 Å². The summed E-state index contributed by atoms with van der Waals surface area (Å²) >= 11 is 0. The predicted octanol–water partition coefficient (Wildman–Crippen LogP) is 5.47. The van der Waals surface area contributed by atoms with Gasteiger partial charge in [0, 0.05) is 26.7 Å². The topological polar surface area (TPSA) is 81.6 Å². The van der Waals surface area contributed by atoms with Crippen LogP contribution in [-0.2, 0) is 17.3 Å². The van der Waals surface area contributed by atoms with E-state index in [2.05, 4.69) is 21.1 Å². The van der Waals surface area contributed by atoms with Crippen molar-refractivity contribution < 1.29 is 22.7 Å². The summed E-state index contributed by atoms with van der Waals surface area (Å²) in [6, 6.07) is 2.64. The summed E-state index contributed by atoms with van der Waals surface area (Å²) in [5, 5.41) is 12.5. The summed E-state index contributed by atoms with van der Waals surface area (Å²) in [6.07, 6.45) is -3.71. The van der Waals surface area contributed by atoms with Crippen LogP contribution in [0.2, 0.25) is 0 Å². The first kappa shape index (κ1) is 29.6. The number of hydrazine groups is 1. The van der Waals surface area contributed by atoms with Crippen LogP contribution in [0, 0.1) is 6.92 Å². The molecule has 1 unspecified atom stereocenters. The third-order valence-electron chi connectivity index (χ3n) is 5.06. The molecule has 194 valence electrons. The van der Waals surface area contributed by atoms with Crippen molar-refractivity contribution >= 4 is 11.8 Å². The van der Waals surface area contributed by atoms with Crippen LogP contribution >= 0.6 is 0 Å². The third kappa shape index (κ3) is 9.84. The van der Waals surface area contributed by atoms with E-state index in [1.807, 2.05) is 6.92 Å². The zero-order valence-corrected chi connectivity index (χ0v) is 21.5. The highest BCUT2D eigenvalue weighted by Gasteiger charge is 2.35. The fraction of sp³-hybridized carbons (Fsp3) is 0.696. The van der Waals surface area contributed by atoms with Crippen LogP contribution in [0.4, 0.5) is 23.7 Å². The number of ether oxygens (including phenoxy) is 1. The van der Waals surface area contributed by atoms with Crippen molar-refractivity contribution in [2.24, 2.45) is 10.3 Å². The summed E-state index contributed by atoms with van der Waals surface area (Å²) in [5.41, 5.74) is 2.30. The first-order valence-corrected chi connectivity index (χ1v) is 11.4. The van der Waals surface area contributed by atoms with Gasteiger partial charge in [0.1, 0.15) is 12.3 Å². The number of hydrogen-bond donors (Lipinski definition) is 2. The van der Waals surface area contributed by atoms with E-state index in [1.54, 1.807) is 48.7 Å². The van der Waals surface area contributed by atoms with Gasteiger partial charge >= 0.3 is 12.3 Å². The molecule has 2 N–H and O–H groups in total. The van der Waals surface area contributed by atoms with Crippen LogP contribution in [-0.4, -0.2) is 50.2 Å². The smallest absolute Gasteiger partial charge is 0.416 e. The SMILES string of the molecule is CCc1cc(C)c(N(CCCC(C)NC/N=N\N(C)NC)C(=O)OC(C)(C)C)cc1C(F)(F)F. The van der Waals surface area contributed by atoms with Gasteiger partial charge in [0.2, 0.25) is 0 Å². The number of aryl methyl sites for hydroxylation is 2. The molecule has 0 saturated carbocycles. The normalized spacial score (nSPS) is 13.3. The van der Waals surface area contributed by atoms with Gasteiger partial charge < -0.3 is 4.74 Å². The standard InChI is InChI=1S/C23H39F3N6O2/c1-9-18-13-16(2)20(14-19(18)23(24,25)26)32(21(33)34-22(4,5)6)12-10-11-17(3)28-15-29-30-31(8)27-7/h13-14,17,27-28H,9-12,15H2,1-8H3/b30-29-. The molecule has 8 nitrogen and oxygen atoms in total. The van der Waals surface area contributed by atoms with Gasteiger partial charge in [-0.1, -0.05) is 18.2 Å². The van der Waals surface area contributed by atoms with Gasteiger partial charge in [-0.05, 0) is 71.1 Å². The van der Waals surface area contributed by atoms with Crippen molar-refractivity contribution in [1.82, 2.24) is 15.9 Å². The minimum Gasteiger partial charge on any atom is -0.443 e. The highest BCUT2D eigenvalue weighted by atomic mass is 19.4. The Morgan fingerprint density at radius 1 is 1.24 bits per heavy atom. The van der Waals surface area contributed by atoms with E-state index in [4.69, 9.17) is 4.74 Å². The number of rotatable bonds is 11. The molecule has 0 aliphatic carbocycles. The van der Waals surface area contributed by atoms with Gasteiger partial charge in [-0.15, -0.1) is 0 Å². The van der Waals surface area contributed by atoms with E-state index in [9.17, 15) is 18.0 Å². The quantitative estimate of drug-likeness (QED) is 0.319. The van der Waals surface area contributed by atoms with Gasteiger partial charge in [0.05, 0.1) is 11.3 Å². The lowest BCUT2D eigenvalue weighted by atomic mass is 9.99. The second kappa shape index (κ2) is 12.9. The highest BCUT2D eigenvalue weighted by molar-refractivity contribution is 5.89. The Morgan fingerprint density at radius 3 is 2.41 bits per heavy atom. The van der Waals surface area contributed by atoms with Crippen molar-refractivity contribution in [3.05, 3.63) is 28.8 Å². The van der Waals surface area contributed by atoms with E-state index in [0.717, 1.165) is 6.07 Å². The maximum absolute atomic E-state index is 13.7. The fourth-order valence-electron chi connectivity index (χ4n) is 3.26. The van der Waals surface area contributed by atoms with E-state index in [1.165, 1.54) is 16.1 Å². The molecule has 0 aliphatic heterocycles. The van der Waals surface area contributed by atoms with E-state index in [0.29, 0.717) is 25.1 Å². The number of benzene rings is 1. The van der Waals surface area contributed by atoms with Crippen molar-refractivity contribution in [3.63, 3.8) is 0 Å². The van der Waals surface area contributed by atoms with Gasteiger partial charge in [0.25, 0.3) is 0 Å². The molecule has 0 bridgehead atoms. The van der Waals surface area contributed by atoms with Crippen LogP contribution in [0.25, 0.3) is 0 Å². The Kier molecular flexibility index (Phi) is 11.2. The molecule has 1 aromatic rings. The Labute approximate surface area is 200 Å². The van der Waals surface area contributed by atoms with Crippen molar-refractivity contribution in [2.45, 2.75) is 78.6 Å². The molecular weight excluding hydrogens is 449 g/mol. The first-order chi connectivity index (χ1) is 15.7. The Balaban J connectivity index is 3.04. The number of halogens is 3. The summed E-state index contributed by atoms with van der Waals surface area (Å²) in [4.78, 5) is 14.3. The second-order valence-corrected chi connectivity index (χ2v) is 9.16. The molecular formula is C23H39F3N6O2. The average molecular weight is 489 g/mol. The van der Waals surface area contributed by atoms with Crippen LogP contribution in [0.5, 0.6) is 0 Å². The average Bonchev–Trinajstić information content (AvgIpc) is 2.72. The van der Waals surface area contributed by atoms with E-state index < -0.39 is 23.4 Å². The molecule has 0 radical (unpaired) electrons. The van der Waals surface area contributed by atoms with Crippen molar-refractivity contribution in [1.29, 1.82) is 0 Å². The Morgan fingerprint density at radius 2 is 1.88 bits per heavy atom. The number of hydrogen-bond acceptors (Lipinski definition) is 6. The number of alkyl halides is 3. The summed E-state index contributed by atoms with van der Waals surface area (Å²) in [5.74, 6) is 0. The third-order valence-corrected chi connectivity index (χ3v) is 5.06. The van der Waals surface area contributed by atoms with Gasteiger partial charge in [0.15, 0.2) is 0 Å². The van der Waals surface area contributed by atoms with E-state index in [-0.39, 0.29) is 30.3 Å². The molecule has 0 aromatic heterocycles. The Hall–Kier alpha value is -2.40. The molecule has 1 atom stereocenters. The number of nitrogens with zero attached hydrogens (tertiary/aromatic N) is 4. The molecule has 0 aliphatic rings. The molecule has 11 heteroatoms. The molecule has 34 heavy (non-hydrogen) atoms. The fourth-order valence-corrected chi connectivity index (χ4v) is 3.26. The maximum Gasteiger partial charge on any atom is 0.416 e. The number of carbonyl (C=O) groups excluding carboxylic acids is 1. The zero-order chi connectivity index (χ0) is 26.1. The molecule has 0 spiro atoms. The first-order valence-electron chi connectivity index (χ1n) is 11.4. The van der Waals surface area contributed by atoms with Gasteiger partial charge in [-0.3, -0.25) is 10.2 Å². The van der Waals surface area contributed by atoms with Crippen molar-refractivity contribution in [3.8, 4) is 0 Å². The minimum absolute atomic E-state index is 0.0635. The molecule has 0 heterocycles. The minimum atomic E-state index is -4.51. The van der Waals surface area contributed by atoms with Crippen LogP contribution in [0.1, 0.15) is 64.2 Å². The van der Waals surface area contributed by atoms with Crippen LogP contribution < -0.4 is 15.6 Å². The zero-order valence-electron chi connectivity index (χ0n) is 21.5. The monoisotopic (exact) mass is 488 g/mol. The number of amides is 1. The van der Waals surface area contributed by atoms with Crippen molar-refractivity contribution in [2.75, 3.05) is 32.2 Å². The van der Waals surface area contributed by atoms with Gasteiger partial charge in [-0.2, -0.15) is 18.3 Å². The van der Waals surface area contributed by atoms with Crippen LogP contribution in [0.15, 0.2) is 22.5 Å². The molecule has 0 fully saturated rings. The lowest BCUT2D eigenvalue weighted by Crippen LogP contribution is -2.38. The number of carbonyl (C=O) groups is 1. The lowest BCUT2D eigenvalue weighted by Gasteiger charge is -2.30. The summed E-state index contributed by atoms with van der Waals surface area (Å²) in [6.45, 7) is 11.1. The largest absolute Gasteiger partial charge is 0.443 e. The molecule has 1 rings (SSSR count). The maximum atomic E-state index is 13.7. The molecule has 1 aromatic carbocycles. The summed E-state index contributed by atoms with van der Waals surface area (Å²) in [7, 11) is 3.44. The lowest BCUT2D eigenvalue weighted by molar-refractivity contribution is -0.138. The summed E-state index contributed by atoms with van der Waals surface area (Å²) < 4.78 is 46.6. The van der Waals surface area contributed by atoms with E-state index >= 15 is 0 Å². The predicted molar refractivity (Wildman–Crippen MR) is 128 cm³/mol. The Bertz CT molecular complexity index is 824. The molecule has 1 amide bonds. The number of anilines is 1. The molecule has 0 saturated heterocycles. The highest BCUT2D eigenvalue weighted by Crippen LogP contribution is 2.37. The second-order valence-electron chi connectivity index (χ2n) is 9.16. The van der Waals surface area contributed by atoms with Crippen LogP contribution in [0.3, 0.4) is 0 Å². The number of nitrogens with one attached hydrogen (secondary N) is 2.